The lowest BCUT2D eigenvalue weighted by molar-refractivity contribution is -0.140. The van der Waals surface area contributed by atoms with E-state index >= 15 is 0 Å². The second kappa shape index (κ2) is 6.20. The number of nitrogens with zero attached hydrogens (tertiary/aromatic N) is 1. The van der Waals surface area contributed by atoms with Crippen LogP contribution in [0.25, 0.3) is 10.9 Å². The molecule has 0 atom stereocenters. The molecule has 0 aliphatic heterocycles. The fourth-order valence-corrected chi connectivity index (χ4v) is 2.76. The van der Waals surface area contributed by atoms with Crippen molar-refractivity contribution >= 4 is 32.5 Å². The van der Waals surface area contributed by atoms with Crippen molar-refractivity contribution in [2.24, 2.45) is 0 Å². The van der Waals surface area contributed by atoms with Gasteiger partial charge in [0, 0.05) is 22.1 Å². The maximum absolute atomic E-state index is 13.0. The molecule has 1 heterocycles. The van der Waals surface area contributed by atoms with E-state index in [1.165, 1.54) is 0 Å². The van der Waals surface area contributed by atoms with Crippen LogP contribution in [0, 0.1) is 0 Å². The van der Waals surface area contributed by atoms with E-state index in [1.54, 1.807) is 24.3 Å². The van der Waals surface area contributed by atoms with Crippen LogP contribution < -0.4 is 5.32 Å². The minimum Gasteiger partial charge on any atom is -0.380 e. The van der Waals surface area contributed by atoms with Crippen LogP contribution in [0.4, 0.5) is 18.9 Å². The number of hydrogen-bond donors (Lipinski definition) is 1. The van der Waals surface area contributed by atoms with E-state index in [2.05, 4.69) is 26.2 Å². The fourth-order valence-electron chi connectivity index (χ4n) is 2.31. The van der Waals surface area contributed by atoms with E-state index < -0.39 is 11.9 Å². The van der Waals surface area contributed by atoms with Gasteiger partial charge in [-0.05, 0) is 29.8 Å². The molecule has 6 heteroatoms. The molecule has 0 unspecified atom stereocenters. The molecule has 2 nitrogen and oxygen atoms in total. The second-order valence-corrected chi connectivity index (χ2v) is 5.97. The molecule has 1 aromatic heterocycles. The van der Waals surface area contributed by atoms with Gasteiger partial charge >= 0.3 is 6.18 Å². The van der Waals surface area contributed by atoms with Crippen molar-refractivity contribution in [3.63, 3.8) is 0 Å². The first-order chi connectivity index (χ1) is 10.9. The largest absolute Gasteiger partial charge is 0.433 e. The standard InChI is InChI=1S/C17H12BrF3N2/c18-12-5-3-4-11(8-12)10-22-15-9-16(17(19,20)21)23-14-7-2-1-6-13(14)15/h1-9H,10H2,(H,22,23). The Hall–Kier alpha value is -2.08. The zero-order valence-corrected chi connectivity index (χ0v) is 13.4. The van der Waals surface area contributed by atoms with Crippen LogP contribution in [0.15, 0.2) is 59.1 Å². The summed E-state index contributed by atoms with van der Waals surface area (Å²) in [5.74, 6) is 0. The summed E-state index contributed by atoms with van der Waals surface area (Å²) < 4.78 is 40.0. The number of benzene rings is 2. The molecule has 2 aromatic carbocycles. The van der Waals surface area contributed by atoms with Crippen LogP contribution in [0.1, 0.15) is 11.3 Å². The van der Waals surface area contributed by atoms with Gasteiger partial charge in [0.15, 0.2) is 0 Å². The number of pyridine rings is 1. The lowest BCUT2D eigenvalue weighted by Gasteiger charge is -2.13. The molecule has 0 bridgehead atoms. The third-order valence-electron chi connectivity index (χ3n) is 3.38. The predicted octanol–water partition coefficient (Wildman–Crippen LogP) is 5.63. The van der Waals surface area contributed by atoms with Crippen LogP contribution in [-0.2, 0) is 12.7 Å². The number of halogens is 4. The van der Waals surface area contributed by atoms with E-state index in [9.17, 15) is 13.2 Å². The van der Waals surface area contributed by atoms with Crippen LogP contribution >= 0.6 is 15.9 Å². The molecule has 0 saturated carbocycles. The Morgan fingerprint density at radius 3 is 2.52 bits per heavy atom. The topological polar surface area (TPSA) is 24.9 Å². The summed E-state index contributed by atoms with van der Waals surface area (Å²) in [5.41, 5.74) is 0.809. The first-order valence-corrected chi connectivity index (χ1v) is 7.68. The van der Waals surface area contributed by atoms with Crippen molar-refractivity contribution in [2.45, 2.75) is 12.7 Å². The highest BCUT2D eigenvalue weighted by atomic mass is 79.9. The Balaban J connectivity index is 1.98. The van der Waals surface area contributed by atoms with E-state index in [4.69, 9.17) is 0 Å². The van der Waals surface area contributed by atoms with Gasteiger partial charge in [-0.25, -0.2) is 4.98 Å². The van der Waals surface area contributed by atoms with Gasteiger partial charge in [-0.15, -0.1) is 0 Å². The first kappa shape index (κ1) is 15.8. The molecule has 0 radical (unpaired) electrons. The van der Waals surface area contributed by atoms with Gasteiger partial charge in [0.05, 0.1) is 5.52 Å². The van der Waals surface area contributed by atoms with Gasteiger partial charge in [-0.2, -0.15) is 13.2 Å². The number of fused-ring (bicyclic) bond motifs is 1. The van der Waals surface area contributed by atoms with Crippen molar-refractivity contribution in [1.29, 1.82) is 0 Å². The number of hydrogen-bond acceptors (Lipinski definition) is 2. The quantitative estimate of drug-likeness (QED) is 0.636. The number of alkyl halides is 3. The predicted molar refractivity (Wildman–Crippen MR) is 88.2 cm³/mol. The number of nitrogens with one attached hydrogen (secondary N) is 1. The molecule has 3 rings (SSSR count). The molecular weight excluding hydrogens is 369 g/mol. The molecule has 0 aliphatic rings. The molecule has 0 spiro atoms. The van der Waals surface area contributed by atoms with Crippen molar-refractivity contribution in [3.8, 4) is 0 Å². The van der Waals surface area contributed by atoms with Gasteiger partial charge in [-0.3, -0.25) is 0 Å². The van der Waals surface area contributed by atoms with Crippen LogP contribution in [-0.4, -0.2) is 4.98 Å². The average molecular weight is 381 g/mol. The van der Waals surface area contributed by atoms with Crippen molar-refractivity contribution in [3.05, 3.63) is 70.3 Å². The van der Waals surface area contributed by atoms with E-state index in [-0.39, 0.29) is 0 Å². The summed E-state index contributed by atoms with van der Waals surface area (Å²) in [6, 6.07) is 15.4. The molecule has 0 amide bonds. The summed E-state index contributed by atoms with van der Waals surface area (Å²) >= 11 is 3.38. The third kappa shape index (κ3) is 3.64. The Morgan fingerprint density at radius 2 is 1.78 bits per heavy atom. The number of anilines is 1. The van der Waals surface area contributed by atoms with Gasteiger partial charge in [0.1, 0.15) is 5.69 Å². The maximum Gasteiger partial charge on any atom is 0.433 e. The summed E-state index contributed by atoms with van der Waals surface area (Å²) in [5, 5.41) is 3.75. The zero-order valence-electron chi connectivity index (χ0n) is 11.9. The van der Waals surface area contributed by atoms with Crippen LogP contribution in [0.2, 0.25) is 0 Å². The Bertz CT molecular complexity index is 847. The minimum atomic E-state index is -4.48. The smallest absolute Gasteiger partial charge is 0.380 e. The monoisotopic (exact) mass is 380 g/mol. The summed E-state index contributed by atoms with van der Waals surface area (Å²) in [4.78, 5) is 3.70. The lowest BCUT2D eigenvalue weighted by Crippen LogP contribution is -2.10. The normalized spacial score (nSPS) is 11.7. The maximum atomic E-state index is 13.0. The van der Waals surface area contributed by atoms with Gasteiger partial charge in [0.2, 0.25) is 0 Å². The lowest BCUT2D eigenvalue weighted by atomic mass is 10.1. The summed E-state index contributed by atoms with van der Waals surface area (Å²) in [7, 11) is 0. The zero-order chi connectivity index (χ0) is 16.4. The Kier molecular flexibility index (Phi) is 4.26. The molecule has 118 valence electrons. The third-order valence-corrected chi connectivity index (χ3v) is 3.87. The summed E-state index contributed by atoms with van der Waals surface area (Å²) in [6.45, 7) is 0.421. The molecular formula is C17H12BrF3N2. The number of aromatic nitrogens is 1. The number of rotatable bonds is 3. The van der Waals surface area contributed by atoms with Gasteiger partial charge in [-0.1, -0.05) is 46.3 Å². The molecule has 23 heavy (non-hydrogen) atoms. The van der Waals surface area contributed by atoms with E-state index in [1.807, 2.05) is 24.3 Å². The van der Waals surface area contributed by atoms with Gasteiger partial charge in [0.25, 0.3) is 0 Å². The van der Waals surface area contributed by atoms with Crippen LogP contribution in [0.3, 0.4) is 0 Å². The molecule has 0 fully saturated rings. The highest BCUT2D eigenvalue weighted by molar-refractivity contribution is 9.10. The Labute approximate surface area is 139 Å². The summed E-state index contributed by atoms with van der Waals surface area (Å²) in [6.07, 6.45) is -4.48. The molecule has 0 saturated heterocycles. The average Bonchev–Trinajstić information content (AvgIpc) is 2.51. The second-order valence-electron chi connectivity index (χ2n) is 5.05. The molecule has 3 aromatic rings. The molecule has 0 aliphatic carbocycles. The van der Waals surface area contributed by atoms with E-state index in [0.29, 0.717) is 23.1 Å². The highest BCUT2D eigenvalue weighted by Crippen LogP contribution is 2.33. The molecule has 1 N–H and O–H groups in total. The minimum absolute atomic E-state index is 0.319. The van der Waals surface area contributed by atoms with Gasteiger partial charge < -0.3 is 5.32 Å². The SMILES string of the molecule is FC(F)(F)c1cc(NCc2cccc(Br)c2)c2ccccc2n1. The van der Waals surface area contributed by atoms with Crippen LogP contribution in [0.5, 0.6) is 0 Å². The van der Waals surface area contributed by atoms with Crippen molar-refractivity contribution in [1.82, 2.24) is 4.98 Å². The van der Waals surface area contributed by atoms with Crippen molar-refractivity contribution < 1.29 is 13.2 Å². The number of para-hydroxylation sites is 1. The van der Waals surface area contributed by atoms with Crippen molar-refractivity contribution in [2.75, 3.05) is 5.32 Å². The highest BCUT2D eigenvalue weighted by Gasteiger charge is 2.33. The first-order valence-electron chi connectivity index (χ1n) is 6.89. The van der Waals surface area contributed by atoms with E-state index in [0.717, 1.165) is 16.1 Å². The Morgan fingerprint density at radius 1 is 1.00 bits per heavy atom. The fraction of sp³-hybridized carbons (Fsp3) is 0.118.